The molecular formula is C19H30O3. The number of hydrogen-bond acceptors (Lipinski definition) is 3. The number of aliphatic hydroxyl groups excluding tert-OH is 2. The fourth-order valence-corrected chi connectivity index (χ4v) is 7.02. The zero-order chi connectivity index (χ0) is 15.7. The molecule has 4 aliphatic rings. The molecule has 3 nitrogen and oxygen atoms in total. The summed E-state index contributed by atoms with van der Waals surface area (Å²) in [6.45, 7) is 4.57. The third-order valence-electron chi connectivity index (χ3n) is 8.37. The third-order valence-corrected chi connectivity index (χ3v) is 8.37. The maximum atomic E-state index is 12.5. The van der Waals surface area contributed by atoms with Crippen LogP contribution in [-0.4, -0.2) is 28.2 Å². The molecule has 8 atom stereocenters. The summed E-state index contributed by atoms with van der Waals surface area (Å²) in [5, 5.41) is 20.2. The van der Waals surface area contributed by atoms with Crippen LogP contribution in [0.5, 0.6) is 0 Å². The number of ketones is 1. The number of fused-ring (bicyclic) bond motifs is 5. The summed E-state index contributed by atoms with van der Waals surface area (Å²) in [4.78, 5) is 12.5. The first kappa shape index (κ1) is 15.1. The van der Waals surface area contributed by atoms with E-state index in [-0.39, 0.29) is 17.3 Å². The van der Waals surface area contributed by atoms with E-state index in [2.05, 4.69) is 13.8 Å². The molecular weight excluding hydrogens is 276 g/mol. The van der Waals surface area contributed by atoms with E-state index in [9.17, 15) is 15.0 Å². The van der Waals surface area contributed by atoms with E-state index in [0.717, 1.165) is 32.1 Å². The Morgan fingerprint density at radius 1 is 0.955 bits per heavy atom. The second-order valence-electron chi connectivity index (χ2n) is 9.16. The lowest BCUT2D eigenvalue weighted by Crippen LogP contribution is -2.54. The van der Waals surface area contributed by atoms with E-state index in [1.807, 2.05) is 0 Å². The second-order valence-corrected chi connectivity index (χ2v) is 9.16. The molecule has 0 heterocycles. The van der Waals surface area contributed by atoms with E-state index < -0.39 is 6.10 Å². The van der Waals surface area contributed by atoms with Gasteiger partial charge in [0.2, 0.25) is 0 Å². The van der Waals surface area contributed by atoms with Crippen molar-refractivity contribution in [3.8, 4) is 0 Å². The van der Waals surface area contributed by atoms with Crippen molar-refractivity contribution < 1.29 is 15.0 Å². The Kier molecular flexibility index (Phi) is 3.30. The van der Waals surface area contributed by atoms with Gasteiger partial charge in [-0.25, -0.2) is 0 Å². The third kappa shape index (κ3) is 1.84. The Bertz CT molecular complexity index is 489. The van der Waals surface area contributed by atoms with Crippen molar-refractivity contribution in [1.29, 1.82) is 0 Å². The van der Waals surface area contributed by atoms with Crippen LogP contribution in [0, 0.1) is 34.5 Å². The molecule has 0 aromatic heterocycles. The molecule has 0 aromatic rings. The van der Waals surface area contributed by atoms with Crippen LogP contribution in [-0.2, 0) is 4.79 Å². The van der Waals surface area contributed by atoms with Gasteiger partial charge in [-0.3, -0.25) is 4.79 Å². The minimum atomic E-state index is -0.715. The highest BCUT2D eigenvalue weighted by atomic mass is 16.3. The number of hydrogen-bond donors (Lipinski definition) is 2. The molecule has 0 aliphatic heterocycles. The van der Waals surface area contributed by atoms with Crippen molar-refractivity contribution in [1.82, 2.24) is 0 Å². The Morgan fingerprint density at radius 3 is 2.50 bits per heavy atom. The molecule has 0 unspecified atom stereocenters. The van der Waals surface area contributed by atoms with Gasteiger partial charge in [0.1, 0.15) is 6.10 Å². The van der Waals surface area contributed by atoms with E-state index in [0.29, 0.717) is 35.5 Å². The van der Waals surface area contributed by atoms with Gasteiger partial charge in [0, 0.05) is 5.41 Å². The summed E-state index contributed by atoms with van der Waals surface area (Å²) < 4.78 is 0. The molecule has 3 heteroatoms. The van der Waals surface area contributed by atoms with Crippen molar-refractivity contribution in [3.63, 3.8) is 0 Å². The predicted octanol–water partition coefficient (Wildman–Crippen LogP) is 2.93. The smallest absolute Gasteiger partial charge is 0.167 e. The van der Waals surface area contributed by atoms with Crippen molar-refractivity contribution in [3.05, 3.63) is 0 Å². The van der Waals surface area contributed by atoms with Crippen LogP contribution >= 0.6 is 0 Å². The topological polar surface area (TPSA) is 57.5 Å². The molecule has 0 bridgehead atoms. The molecule has 0 amide bonds. The SMILES string of the molecule is C[C@]12CC[C@H](O)C[C@H]1CC[C@@H]1[C@@H]2CC[C@]2(C)C(=O)[C@@H](O)C[C@@H]12. The minimum Gasteiger partial charge on any atom is -0.393 e. The van der Waals surface area contributed by atoms with Gasteiger partial charge in [0.05, 0.1) is 6.10 Å². The predicted molar refractivity (Wildman–Crippen MR) is 84.1 cm³/mol. The number of rotatable bonds is 0. The van der Waals surface area contributed by atoms with Crippen LogP contribution in [0.25, 0.3) is 0 Å². The Balaban J connectivity index is 1.64. The zero-order valence-corrected chi connectivity index (χ0v) is 13.9. The fourth-order valence-electron chi connectivity index (χ4n) is 7.02. The maximum Gasteiger partial charge on any atom is 0.167 e. The number of carbonyl (C=O) groups is 1. The molecule has 2 N–H and O–H groups in total. The van der Waals surface area contributed by atoms with Crippen molar-refractivity contribution in [2.45, 2.75) is 77.4 Å². The molecule has 0 spiro atoms. The van der Waals surface area contributed by atoms with Crippen molar-refractivity contribution >= 4 is 5.78 Å². The van der Waals surface area contributed by atoms with E-state index in [1.165, 1.54) is 12.8 Å². The monoisotopic (exact) mass is 306 g/mol. The fraction of sp³-hybridized carbons (Fsp3) is 0.947. The van der Waals surface area contributed by atoms with Gasteiger partial charge in [-0.1, -0.05) is 13.8 Å². The van der Waals surface area contributed by atoms with Gasteiger partial charge in [0.25, 0.3) is 0 Å². The zero-order valence-electron chi connectivity index (χ0n) is 13.9. The Labute approximate surface area is 133 Å². The molecule has 0 radical (unpaired) electrons. The summed E-state index contributed by atoms with van der Waals surface area (Å²) in [5.41, 5.74) is 0.0814. The molecule has 4 rings (SSSR count). The van der Waals surface area contributed by atoms with Gasteiger partial charge in [-0.15, -0.1) is 0 Å². The van der Waals surface area contributed by atoms with E-state index >= 15 is 0 Å². The summed E-state index contributed by atoms with van der Waals surface area (Å²) in [7, 11) is 0. The summed E-state index contributed by atoms with van der Waals surface area (Å²) in [5.74, 6) is 2.45. The number of Topliss-reactive ketones (excluding diaryl/α,β-unsaturated/α-hetero) is 1. The standard InChI is InChI=1S/C19H30O3/c1-18-7-5-12(20)9-11(18)3-4-13-14(18)6-8-19(2)15(13)10-16(21)17(19)22/h11-16,20-21H,3-10H2,1-2H3/t11-,12+,13-,14+,15+,16+,18+,19+/m1/s1. The first-order valence-electron chi connectivity index (χ1n) is 9.26. The highest BCUT2D eigenvalue weighted by Crippen LogP contribution is 2.65. The van der Waals surface area contributed by atoms with Crippen LogP contribution in [0.2, 0.25) is 0 Å². The summed E-state index contributed by atoms with van der Waals surface area (Å²) >= 11 is 0. The van der Waals surface area contributed by atoms with Crippen LogP contribution in [0.3, 0.4) is 0 Å². The second kappa shape index (κ2) is 4.80. The Morgan fingerprint density at radius 2 is 1.73 bits per heavy atom. The van der Waals surface area contributed by atoms with Crippen LogP contribution < -0.4 is 0 Å². The van der Waals surface area contributed by atoms with Gasteiger partial charge < -0.3 is 10.2 Å². The first-order chi connectivity index (χ1) is 10.4. The van der Waals surface area contributed by atoms with E-state index in [4.69, 9.17) is 0 Å². The Hall–Kier alpha value is -0.410. The quantitative estimate of drug-likeness (QED) is 0.723. The van der Waals surface area contributed by atoms with Gasteiger partial charge in [-0.2, -0.15) is 0 Å². The highest BCUT2D eigenvalue weighted by molar-refractivity contribution is 5.91. The van der Waals surface area contributed by atoms with Crippen LogP contribution in [0.4, 0.5) is 0 Å². The highest BCUT2D eigenvalue weighted by Gasteiger charge is 2.62. The van der Waals surface area contributed by atoms with Crippen LogP contribution in [0.1, 0.15) is 65.2 Å². The molecule has 0 saturated heterocycles. The molecule has 22 heavy (non-hydrogen) atoms. The molecule has 124 valence electrons. The lowest BCUT2D eigenvalue weighted by Gasteiger charge is -2.59. The van der Waals surface area contributed by atoms with Crippen molar-refractivity contribution in [2.75, 3.05) is 0 Å². The average molecular weight is 306 g/mol. The van der Waals surface area contributed by atoms with Gasteiger partial charge in [0.15, 0.2) is 5.78 Å². The lowest BCUT2D eigenvalue weighted by atomic mass is 9.45. The number of carbonyl (C=O) groups excluding carboxylic acids is 1. The lowest BCUT2D eigenvalue weighted by molar-refractivity contribution is -0.144. The van der Waals surface area contributed by atoms with Gasteiger partial charge in [-0.05, 0) is 80.5 Å². The number of aliphatic hydroxyl groups is 2. The molecule has 4 fully saturated rings. The summed E-state index contributed by atoms with van der Waals surface area (Å²) in [6.07, 6.45) is 7.43. The van der Waals surface area contributed by atoms with Crippen molar-refractivity contribution in [2.24, 2.45) is 34.5 Å². The maximum absolute atomic E-state index is 12.5. The molecule has 0 aromatic carbocycles. The van der Waals surface area contributed by atoms with Gasteiger partial charge >= 0.3 is 0 Å². The average Bonchev–Trinajstić information content (AvgIpc) is 2.72. The van der Waals surface area contributed by atoms with E-state index in [1.54, 1.807) is 0 Å². The largest absolute Gasteiger partial charge is 0.393 e. The molecule has 4 saturated carbocycles. The normalized spacial score (nSPS) is 57.9. The summed E-state index contributed by atoms with van der Waals surface area (Å²) in [6, 6.07) is 0. The molecule has 4 aliphatic carbocycles. The first-order valence-corrected chi connectivity index (χ1v) is 9.26. The minimum absolute atomic E-state index is 0.0987. The van der Waals surface area contributed by atoms with Crippen LogP contribution in [0.15, 0.2) is 0 Å².